The Balaban J connectivity index is 2.11. The third kappa shape index (κ3) is 2.38. The maximum Gasteiger partial charge on any atom is 0.0947 e. The first-order chi connectivity index (χ1) is 7.31. The lowest BCUT2D eigenvalue weighted by molar-refractivity contribution is 0.176. The molecule has 2 rings (SSSR count). The van der Waals surface area contributed by atoms with E-state index in [0.29, 0.717) is 12.0 Å². The molecule has 0 aromatic carbocycles. The molecule has 0 radical (unpaired) electrons. The molecule has 1 N–H and O–H groups in total. The van der Waals surface area contributed by atoms with Gasteiger partial charge in [0.15, 0.2) is 0 Å². The summed E-state index contributed by atoms with van der Waals surface area (Å²) in [6.07, 6.45) is 5.08. The van der Waals surface area contributed by atoms with E-state index in [2.05, 4.69) is 23.4 Å². The van der Waals surface area contributed by atoms with Crippen LogP contribution in [0.5, 0.6) is 0 Å². The minimum atomic E-state index is 0.346. The Kier molecular flexibility index (Phi) is 3.38. The van der Waals surface area contributed by atoms with Crippen LogP contribution in [0.2, 0.25) is 0 Å². The number of ether oxygens (including phenoxy) is 1. The highest BCUT2D eigenvalue weighted by Gasteiger charge is 2.27. The summed E-state index contributed by atoms with van der Waals surface area (Å²) in [5.41, 5.74) is 1.13. The molecule has 15 heavy (non-hydrogen) atoms. The van der Waals surface area contributed by atoms with Crippen LogP contribution >= 0.6 is 0 Å². The van der Waals surface area contributed by atoms with E-state index in [4.69, 9.17) is 4.74 Å². The van der Waals surface area contributed by atoms with Gasteiger partial charge in [-0.3, -0.25) is 0 Å². The number of nitrogens with one attached hydrogen (secondary N) is 1. The molecule has 2 heterocycles. The Labute approximate surface area is 90.6 Å². The first-order valence-electron chi connectivity index (χ1n) is 5.60. The van der Waals surface area contributed by atoms with Gasteiger partial charge in [0, 0.05) is 25.8 Å². The number of imidazole rings is 1. The van der Waals surface area contributed by atoms with Gasteiger partial charge >= 0.3 is 0 Å². The standard InChI is InChI=1S/C11H19N3O/c1-3-12-11(9-4-5-15-7-9)10-6-14(2)8-13-10/h6,8-9,11-12H,3-5,7H2,1-2H3. The van der Waals surface area contributed by atoms with Gasteiger partial charge in [-0.05, 0) is 13.0 Å². The van der Waals surface area contributed by atoms with E-state index in [0.717, 1.165) is 31.9 Å². The maximum atomic E-state index is 5.44. The second-order valence-electron chi connectivity index (χ2n) is 4.12. The van der Waals surface area contributed by atoms with Crippen LogP contribution in [-0.4, -0.2) is 29.3 Å². The molecule has 1 fully saturated rings. The summed E-state index contributed by atoms with van der Waals surface area (Å²) in [7, 11) is 2.00. The second-order valence-corrected chi connectivity index (χ2v) is 4.12. The van der Waals surface area contributed by atoms with E-state index in [1.165, 1.54) is 0 Å². The molecule has 84 valence electrons. The summed E-state index contributed by atoms with van der Waals surface area (Å²) < 4.78 is 7.43. The molecule has 4 nitrogen and oxygen atoms in total. The average molecular weight is 209 g/mol. The largest absolute Gasteiger partial charge is 0.381 e. The molecule has 1 saturated heterocycles. The average Bonchev–Trinajstić information content (AvgIpc) is 2.85. The highest BCUT2D eigenvalue weighted by atomic mass is 16.5. The van der Waals surface area contributed by atoms with Gasteiger partial charge in [0.05, 0.1) is 24.7 Å². The van der Waals surface area contributed by atoms with Crippen LogP contribution in [0.15, 0.2) is 12.5 Å². The second kappa shape index (κ2) is 4.77. The van der Waals surface area contributed by atoms with Gasteiger partial charge in [-0.2, -0.15) is 0 Å². The zero-order valence-corrected chi connectivity index (χ0v) is 9.44. The van der Waals surface area contributed by atoms with Gasteiger partial charge in [-0.1, -0.05) is 6.92 Å². The van der Waals surface area contributed by atoms with Crippen molar-refractivity contribution >= 4 is 0 Å². The Morgan fingerprint density at radius 2 is 2.60 bits per heavy atom. The third-order valence-electron chi connectivity index (χ3n) is 2.90. The number of hydrogen-bond donors (Lipinski definition) is 1. The first-order valence-corrected chi connectivity index (χ1v) is 5.60. The van der Waals surface area contributed by atoms with E-state index in [1.807, 2.05) is 17.9 Å². The van der Waals surface area contributed by atoms with E-state index in [-0.39, 0.29) is 0 Å². The van der Waals surface area contributed by atoms with Crippen molar-refractivity contribution in [1.29, 1.82) is 0 Å². The zero-order chi connectivity index (χ0) is 10.7. The lowest BCUT2D eigenvalue weighted by Crippen LogP contribution is -2.28. The van der Waals surface area contributed by atoms with Crippen molar-refractivity contribution in [1.82, 2.24) is 14.9 Å². The van der Waals surface area contributed by atoms with Gasteiger partial charge < -0.3 is 14.6 Å². The Morgan fingerprint density at radius 1 is 1.73 bits per heavy atom. The fraction of sp³-hybridized carbons (Fsp3) is 0.727. The Morgan fingerprint density at radius 3 is 3.13 bits per heavy atom. The van der Waals surface area contributed by atoms with Crippen LogP contribution in [0.1, 0.15) is 25.1 Å². The highest BCUT2D eigenvalue weighted by molar-refractivity contribution is 5.06. The highest BCUT2D eigenvalue weighted by Crippen LogP contribution is 2.27. The molecular weight excluding hydrogens is 190 g/mol. The van der Waals surface area contributed by atoms with Crippen LogP contribution in [0.4, 0.5) is 0 Å². The molecule has 1 aromatic rings. The predicted octanol–water partition coefficient (Wildman–Crippen LogP) is 1.11. The van der Waals surface area contributed by atoms with E-state index in [1.54, 1.807) is 0 Å². The van der Waals surface area contributed by atoms with Crippen molar-refractivity contribution in [3.05, 3.63) is 18.2 Å². The minimum Gasteiger partial charge on any atom is -0.381 e. The predicted molar refractivity (Wildman–Crippen MR) is 58.6 cm³/mol. The molecule has 0 saturated carbocycles. The first kappa shape index (κ1) is 10.6. The van der Waals surface area contributed by atoms with Crippen LogP contribution in [0.25, 0.3) is 0 Å². The summed E-state index contributed by atoms with van der Waals surface area (Å²) in [6, 6.07) is 0.346. The van der Waals surface area contributed by atoms with Crippen molar-refractivity contribution < 1.29 is 4.74 Å². The van der Waals surface area contributed by atoms with Gasteiger partial charge in [0.1, 0.15) is 0 Å². The monoisotopic (exact) mass is 209 g/mol. The van der Waals surface area contributed by atoms with E-state index in [9.17, 15) is 0 Å². The zero-order valence-electron chi connectivity index (χ0n) is 9.44. The van der Waals surface area contributed by atoms with Crippen molar-refractivity contribution in [2.75, 3.05) is 19.8 Å². The molecule has 0 amide bonds. The van der Waals surface area contributed by atoms with Crippen LogP contribution in [0.3, 0.4) is 0 Å². The van der Waals surface area contributed by atoms with Gasteiger partial charge in [0.25, 0.3) is 0 Å². The fourth-order valence-electron chi connectivity index (χ4n) is 2.14. The summed E-state index contributed by atoms with van der Waals surface area (Å²) in [4.78, 5) is 4.42. The lowest BCUT2D eigenvalue weighted by atomic mass is 9.96. The van der Waals surface area contributed by atoms with Crippen molar-refractivity contribution in [2.45, 2.75) is 19.4 Å². The van der Waals surface area contributed by atoms with Gasteiger partial charge in [-0.15, -0.1) is 0 Å². The molecule has 0 spiro atoms. The van der Waals surface area contributed by atoms with Crippen molar-refractivity contribution in [3.8, 4) is 0 Å². The molecule has 2 atom stereocenters. The molecule has 1 aromatic heterocycles. The Bertz CT molecular complexity index is 305. The normalized spacial score (nSPS) is 23.2. The SMILES string of the molecule is CCNC(c1cn(C)cn1)C1CCOC1. The summed E-state index contributed by atoms with van der Waals surface area (Å²) in [6.45, 7) is 4.84. The maximum absolute atomic E-state index is 5.44. The third-order valence-corrected chi connectivity index (χ3v) is 2.90. The van der Waals surface area contributed by atoms with Crippen molar-refractivity contribution in [3.63, 3.8) is 0 Å². The topological polar surface area (TPSA) is 39.1 Å². The molecule has 1 aliphatic heterocycles. The fourth-order valence-corrected chi connectivity index (χ4v) is 2.14. The number of aryl methyl sites for hydroxylation is 1. The van der Waals surface area contributed by atoms with Crippen LogP contribution < -0.4 is 5.32 Å². The molecular formula is C11H19N3O. The number of aromatic nitrogens is 2. The molecule has 0 aliphatic carbocycles. The number of nitrogens with zero attached hydrogens (tertiary/aromatic N) is 2. The van der Waals surface area contributed by atoms with Gasteiger partial charge in [-0.25, -0.2) is 4.98 Å². The quantitative estimate of drug-likeness (QED) is 0.807. The van der Waals surface area contributed by atoms with Crippen molar-refractivity contribution in [2.24, 2.45) is 13.0 Å². The van der Waals surface area contributed by atoms with E-state index < -0.39 is 0 Å². The number of rotatable bonds is 4. The molecule has 0 bridgehead atoms. The number of hydrogen-bond acceptors (Lipinski definition) is 3. The Hall–Kier alpha value is -0.870. The van der Waals surface area contributed by atoms with Crippen LogP contribution in [0, 0.1) is 5.92 Å². The molecule has 4 heteroatoms. The van der Waals surface area contributed by atoms with Gasteiger partial charge in [0.2, 0.25) is 0 Å². The van der Waals surface area contributed by atoms with E-state index >= 15 is 0 Å². The molecule has 2 unspecified atom stereocenters. The van der Waals surface area contributed by atoms with Crippen LogP contribution in [-0.2, 0) is 11.8 Å². The summed E-state index contributed by atoms with van der Waals surface area (Å²) in [5.74, 6) is 0.569. The summed E-state index contributed by atoms with van der Waals surface area (Å²) in [5, 5.41) is 3.50. The summed E-state index contributed by atoms with van der Waals surface area (Å²) >= 11 is 0. The molecule has 1 aliphatic rings. The lowest BCUT2D eigenvalue weighted by Gasteiger charge is -2.21. The minimum absolute atomic E-state index is 0.346. The smallest absolute Gasteiger partial charge is 0.0947 e.